The second-order valence-corrected chi connectivity index (χ2v) is 8.66. The number of nitrogens with one attached hydrogen (secondary N) is 1. The van der Waals surface area contributed by atoms with Crippen molar-refractivity contribution < 1.29 is 27.5 Å². The van der Waals surface area contributed by atoms with Gasteiger partial charge in [-0.2, -0.15) is 0 Å². The van der Waals surface area contributed by atoms with Gasteiger partial charge in [-0.1, -0.05) is 26.0 Å². The molecule has 3 N–H and O–H groups in total. The molecule has 0 saturated heterocycles. The van der Waals surface area contributed by atoms with Crippen molar-refractivity contribution in [3.63, 3.8) is 0 Å². The van der Waals surface area contributed by atoms with Crippen molar-refractivity contribution in [3.05, 3.63) is 59.7 Å². The van der Waals surface area contributed by atoms with Crippen molar-refractivity contribution in [1.29, 1.82) is 0 Å². The Labute approximate surface area is 176 Å². The van der Waals surface area contributed by atoms with Gasteiger partial charge in [-0.15, -0.1) is 0 Å². The number of rotatable bonds is 10. The van der Waals surface area contributed by atoms with Gasteiger partial charge >= 0.3 is 5.97 Å². The van der Waals surface area contributed by atoms with E-state index in [0.717, 1.165) is 6.42 Å². The third-order valence-electron chi connectivity index (χ3n) is 4.13. The maximum absolute atomic E-state index is 12.1. The third kappa shape index (κ3) is 7.84. The summed E-state index contributed by atoms with van der Waals surface area (Å²) in [4.78, 5) is 23.9. The number of carbonyl (C=O) groups excluding carboxylic acids is 2. The first-order valence-corrected chi connectivity index (χ1v) is 11.0. The van der Waals surface area contributed by atoms with Crippen LogP contribution in [0.25, 0.3) is 0 Å². The molecule has 30 heavy (non-hydrogen) atoms. The van der Waals surface area contributed by atoms with Crippen LogP contribution in [0.5, 0.6) is 5.75 Å². The van der Waals surface area contributed by atoms with E-state index in [9.17, 15) is 18.0 Å². The van der Waals surface area contributed by atoms with Crippen LogP contribution in [0.1, 0.15) is 36.2 Å². The molecule has 8 nitrogen and oxygen atoms in total. The minimum absolute atomic E-state index is 0.0113. The quantitative estimate of drug-likeness (QED) is 0.553. The standard InChI is InChI=1S/C21H26N2O6S/c1-15(2)11-12-28-18-7-5-17(6-8-18)21(25)29-14-20(24)23-13-16-3-9-19(10-4-16)30(22,26)27/h3-10,15H,11-14H2,1-2H3,(H,23,24)(H2,22,26,27). The average Bonchev–Trinajstić information content (AvgIpc) is 2.70. The molecule has 0 saturated carbocycles. The fraction of sp³-hybridized carbons (Fsp3) is 0.333. The normalized spacial score (nSPS) is 11.2. The number of carbonyl (C=O) groups is 2. The van der Waals surface area contributed by atoms with E-state index < -0.39 is 28.5 Å². The van der Waals surface area contributed by atoms with E-state index in [0.29, 0.717) is 29.4 Å². The fourth-order valence-corrected chi connectivity index (χ4v) is 2.88. The predicted octanol–water partition coefficient (Wildman–Crippen LogP) is 2.23. The molecule has 0 unspecified atom stereocenters. The van der Waals surface area contributed by atoms with Crippen LogP contribution in [0, 0.1) is 5.92 Å². The van der Waals surface area contributed by atoms with Gasteiger partial charge in [0.2, 0.25) is 10.0 Å². The Morgan fingerprint density at radius 3 is 2.23 bits per heavy atom. The number of esters is 1. The number of nitrogens with two attached hydrogens (primary N) is 1. The molecule has 0 aromatic heterocycles. The Balaban J connectivity index is 1.75. The number of benzene rings is 2. The van der Waals surface area contributed by atoms with Crippen LogP contribution in [-0.2, 0) is 26.1 Å². The lowest BCUT2D eigenvalue weighted by atomic mass is 10.1. The van der Waals surface area contributed by atoms with Crippen molar-refractivity contribution in [2.24, 2.45) is 11.1 Å². The smallest absolute Gasteiger partial charge is 0.338 e. The van der Waals surface area contributed by atoms with E-state index in [-0.39, 0.29) is 11.4 Å². The molecule has 0 atom stereocenters. The van der Waals surface area contributed by atoms with Crippen LogP contribution in [0.3, 0.4) is 0 Å². The second-order valence-electron chi connectivity index (χ2n) is 7.10. The molecule has 0 heterocycles. The molecule has 2 aromatic rings. The maximum Gasteiger partial charge on any atom is 0.338 e. The minimum atomic E-state index is -3.76. The minimum Gasteiger partial charge on any atom is -0.494 e. The topological polar surface area (TPSA) is 125 Å². The zero-order valence-electron chi connectivity index (χ0n) is 17.0. The number of amides is 1. The summed E-state index contributed by atoms with van der Waals surface area (Å²) in [6, 6.07) is 12.3. The molecule has 2 rings (SSSR count). The van der Waals surface area contributed by atoms with Crippen molar-refractivity contribution in [3.8, 4) is 5.75 Å². The van der Waals surface area contributed by atoms with Gasteiger partial charge in [0.1, 0.15) is 5.75 Å². The third-order valence-corrected chi connectivity index (χ3v) is 5.06. The SMILES string of the molecule is CC(C)CCOc1ccc(C(=O)OCC(=O)NCc2ccc(S(N)(=O)=O)cc2)cc1. The molecule has 1 amide bonds. The molecule has 0 fully saturated rings. The number of sulfonamides is 1. The lowest BCUT2D eigenvalue weighted by Gasteiger charge is -2.09. The van der Waals surface area contributed by atoms with E-state index in [1.54, 1.807) is 24.3 Å². The zero-order valence-corrected chi connectivity index (χ0v) is 17.8. The fourth-order valence-electron chi connectivity index (χ4n) is 2.36. The number of hydrogen-bond acceptors (Lipinski definition) is 6. The van der Waals surface area contributed by atoms with Gasteiger partial charge in [0, 0.05) is 6.54 Å². The average molecular weight is 435 g/mol. The van der Waals surface area contributed by atoms with E-state index in [4.69, 9.17) is 14.6 Å². The van der Waals surface area contributed by atoms with Gasteiger partial charge in [-0.3, -0.25) is 4.79 Å². The predicted molar refractivity (Wildman–Crippen MR) is 111 cm³/mol. The highest BCUT2D eigenvalue weighted by Crippen LogP contribution is 2.14. The number of primary sulfonamides is 1. The Hall–Kier alpha value is -2.91. The lowest BCUT2D eigenvalue weighted by molar-refractivity contribution is -0.124. The first-order valence-electron chi connectivity index (χ1n) is 9.43. The van der Waals surface area contributed by atoms with Gasteiger partial charge in [0.05, 0.1) is 17.1 Å². The molecule has 0 aliphatic heterocycles. The lowest BCUT2D eigenvalue weighted by Crippen LogP contribution is -2.28. The van der Waals surface area contributed by atoms with Crippen LogP contribution < -0.4 is 15.2 Å². The number of ether oxygens (including phenoxy) is 2. The van der Waals surface area contributed by atoms with E-state index in [1.807, 2.05) is 0 Å². The highest BCUT2D eigenvalue weighted by atomic mass is 32.2. The van der Waals surface area contributed by atoms with Crippen molar-refractivity contribution in [2.45, 2.75) is 31.7 Å². The van der Waals surface area contributed by atoms with Crippen molar-refractivity contribution >= 4 is 21.9 Å². The van der Waals surface area contributed by atoms with Gasteiger partial charge in [-0.05, 0) is 54.3 Å². The summed E-state index contributed by atoms with van der Waals surface area (Å²) < 4.78 is 33.0. The van der Waals surface area contributed by atoms with Crippen LogP contribution in [0.15, 0.2) is 53.4 Å². The van der Waals surface area contributed by atoms with Gasteiger partial charge in [0.15, 0.2) is 6.61 Å². The highest BCUT2D eigenvalue weighted by molar-refractivity contribution is 7.89. The summed E-state index contributed by atoms with van der Waals surface area (Å²) in [5.74, 6) is 0.120. The van der Waals surface area contributed by atoms with E-state index in [1.165, 1.54) is 24.3 Å². The molecule has 0 bridgehead atoms. The molecule has 2 aromatic carbocycles. The van der Waals surface area contributed by atoms with E-state index >= 15 is 0 Å². The molecule has 0 radical (unpaired) electrons. The molecule has 0 aliphatic carbocycles. The molecular formula is C21H26N2O6S. The zero-order chi connectivity index (χ0) is 22.1. The summed E-state index contributed by atoms with van der Waals surface area (Å²) in [5, 5.41) is 7.62. The molecule has 0 spiro atoms. The number of hydrogen-bond donors (Lipinski definition) is 2. The second kappa shape index (κ2) is 10.7. The van der Waals surface area contributed by atoms with E-state index in [2.05, 4.69) is 19.2 Å². The van der Waals surface area contributed by atoms with Gasteiger partial charge in [0.25, 0.3) is 5.91 Å². The summed E-state index contributed by atoms with van der Waals surface area (Å²) in [7, 11) is -3.76. The Morgan fingerprint density at radius 2 is 1.67 bits per heavy atom. The Morgan fingerprint density at radius 1 is 1.03 bits per heavy atom. The van der Waals surface area contributed by atoms with Crippen molar-refractivity contribution in [1.82, 2.24) is 5.32 Å². The van der Waals surface area contributed by atoms with Crippen molar-refractivity contribution in [2.75, 3.05) is 13.2 Å². The highest BCUT2D eigenvalue weighted by Gasteiger charge is 2.11. The van der Waals surface area contributed by atoms with Crippen LogP contribution in [0.2, 0.25) is 0 Å². The molecule has 0 aliphatic rings. The molecule has 9 heteroatoms. The summed E-state index contributed by atoms with van der Waals surface area (Å²) in [6.07, 6.45) is 0.940. The molecule has 162 valence electrons. The first kappa shape index (κ1) is 23.4. The van der Waals surface area contributed by atoms with Gasteiger partial charge < -0.3 is 14.8 Å². The van der Waals surface area contributed by atoms with Crippen LogP contribution >= 0.6 is 0 Å². The summed E-state index contributed by atoms with van der Waals surface area (Å²) in [6.45, 7) is 4.56. The molecular weight excluding hydrogens is 408 g/mol. The van der Waals surface area contributed by atoms with Gasteiger partial charge in [-0.25, -0.2) is 18.4 Å². The monoisotopic (exact) mass is 434 g/mol. The Bertz CT molecular complexity index is 954. The maximum atomic E-state index is 12.1. The first-order chi connectivity index (χ1) is 14.1. The Kier molecular flexibility index (Phi) is 8.37. The summed E-state index contributed by atoms with van der Waals surface area (Å²) in [5.41, 5.74) is 0.993. The van der Waals surface area contributed by atoms with Crippen LogP contribution in [-0.4, -0.2) is 33.5 Å². The summed E-state index contributed by atoms with van der Waals surface area (Å²) >= 11 is 0. The largest absolute Gasteiger partial charge is 0.494 e. The van der Waals surface area contributed by atoms with Crippen LogP contribution in [0.4, 0.5) is 0 Å².